The van der Waals surface area contributed by atoms with Crippen LogP contribution in [0, 0.1) is 0 Å². The lowest BCUT2D eigenvalue weighted by Crippen LogP contribution is -2.39. The molecule has 5 heteroatoms. The first-order chi connectivity index (χ1) is 10.6. The van der Waals surface area contributed by atoms with Crippen molar-refractivity contribution < 1.29 is 4.79 Å². The fourth-order valence-electron chi connectivity index (χ4n) is 2.55. The Morgan fingerprint density at radius 2 is 1.77 bits per heavy atom. The Balaban J connectivity index is 1.68. The molecule has 122 valence electrons. The normalized spacial score (nSPS) is 17.2. The molecule has 4 nitrogen and oxygen atoms in total. The van der Waals surface area contributed by atoms with Crippen LogP contribution in [0.5, 0.6) is 0 Å². The predicted octanol–water partition coefficient (Wildman–Crippen LogP) is 1.87. The second kappa shape index (κ2) is 9.18. The molecule has 0 aromatic heterocycles. The first-order valence-corrected chi connectivity index (χ1v) is 8.96. The molecule has 0 spiro atoms. The van der Waals surface area contributed by atoms with Gasteiger partial charge in [0.1, 0.15) is 0 Å². The fourth-order valence-corrected chi connectivity index (χ4v) is 3.48. The van der Waals surface area contributed by atoms with Crippen molar-refractivity contribution in [1.82, 2.24) is 14.7 Å². The van der Waals surface area contributed by atoms with Gasteiger partial charge in [-0.25, -0.2) is 0 Å². The van der Waals surface area contributed by atoms with E-state index in [1.165, 1.54) is 4.90 Å². The van der Waals surface area contributed by atoms with Crippen molar-refractivity contribution in [1.29, 1.82) is 0 Å². The third-order valence-corrected chi connectivity index (χ3v) is 4.95. The highest BCUT2D eigenvalue weighted by atomic mass is 32.2. The number of benzene rings is 1. The molecule has 0 aliphatic carbocycles. The highest BCUT2D eigenvalue weighted by molar-refractivity contribution is 7.99. The zero-order chi connectivity index (χ0) is 15.8. The van der Waals surface area contributed by atoms with Gasteiger partial charge in [-0.15, -0.1) is 11.8 Å². The van der Waals surface area contributed by atoms with Gasteiger partial charge in [0.15, 0.2) is 0 Å². The van der Waals surface area contributed by atoms with Crippen molar-refractivity contribution in [3.05, 3.63) is 30.3 Å². The molecule has 1 heterocycles. The molecule has 1 fully saturated rings. The monoisotopic (exact) mass is 321 g/mol. The van der Waals surface area contributed by atoms with Crippen molar-refractivity contribution >= 4 is 17.7 Å². The van der Waals surface area contributed by atoms with E-state index < -0.39 is 0 Å². The summed E-state index contributed by atoms with van der Waals surface area (Å²) in [4.78, 5) is 19.6. The maximum atomic E-state index is 11.8. The Kier molecular flexibility index (Phi) is 7.22. The van der Waals surface area contributed by atoms with Crippen LogP contribution in [0.4, 0.5) is 0 Å². The van der Waals surface area contributed by atoms with Crippen molar-refractivity contribution in [2.24, 2.45) is 0 Å². The van der Waals surface area contributed by atoms with E-state index in [-0.39, 0.29) is 5.91 Å². The molecule has 1 aromatic carbocycles. The summed E-state index contributed by atoms with van der Waals surface area (Å²) in [7, 11) is 3.65. The largest absolute Gasteiger partial charge is 0.348 e. The van der Waals surface area contributed by atoms with E-state index in [0.717, 1.165) is 44.9 Å². The molecule has 22 heavy (non-hydrogen) atoms. The van der Waals surface area contributed by atoms with E-state index in [1.54, 1.807) is 4.90 Å². The Morgan fingerprint density at radius 1 is 1.09 bits per heavy atom. The number of nitrogens with zero attached hydrogens (tertiary/aromatic N) is 3. The van der Waals surface area contributed by atoms with Crippen molar-refractivity contribution in [3.63, 3.8) is 0 Å². The van der Waals surface area contributed by atoms with Gasteiger partial charge >= 0.3 is 0 Å². The molecule has 1 amide bonds. The number of carbonyl (C=O) groups excluding carboxylic acids is 1. The average molecular weight is 321 g/mol. The summed E-state index contributed by atoms with van der Waals surface area (Å²) < 4.78 is 0. The van der Waals surface area contributed by atoms with E-state index in [4.69, 9.17) is 0 Å². The molecular formula is C17H27N3OS. The van der Waals surface area contributed by atoms with Gasteiger partial charge in [0.05, 0.1) is 6.54 Å². The summed E-state index contributed by atoms with van der Waals surface area (Å²) in [5.74, 6) is 1.33. The Bertz CT molecular complexity index is 452. The Morgan fingerprint density at radius 3 is 2.50 bits per heavy atom. The van der Waals surface area contributed by atoms with E-state index in [9.17, 15) is 4.79 Å². The molecule has 0 saturated carbocycles. The zero-order valence-corrected chi connectivity index (χ0v) is 14.5. The van der Waals surface area contributed by atoms with Crippen LogP contribution in [0.2, 0.25) is 0 Å². The van der Waals surface area contributed by atoms with Crippen LogP contribution >= 0.6 is 11.8 Å². The minimum atomic E-state index is 0.202. The van der Waals surface area contributed by atoms with Crippen LogP contribution < -0.4 is 0 Å². The smallest absolute Gasteiger partial charge is 0.236 e. The summed E-state index contributed by atoms with van der Waals surface area (Å²) >= 11 is 1.92. The molecular weight excluding hydrogens is 294 g/mol. The average Bonchev–Trinajstić information content (AvgIpc) is 2.74. The first-order valence-electron chi connectivity index (χ1n) is 7.98. The van der Waals surface area contributed by atoms with E-state index in [0.29, 0.717) is 6.54 Å². The lowest BCUT2D eigenvalue weighted by molar-refractivity contribution is -0.129. The summed E-state index contributed by atoms with van der Waals surface area (Å²) in [6, 6.07) is 10.6. The van der Waals surface area contributed by atoms with Gasteiger partial charge in [0, 0.05) is 44.4 Å². The van der Waals surface area contributed by atoms with Crippen molar-refractivity contribution in [2.45, 2.75) is 11.3 Å². The maximum Gasteiger partial charge on any atom is 0.236 e. The maximum absolute atomic E-state index is 11.8. The topological polar surface area (TPSA) is 26.8 Å². The summed E-state index contributed by atoms with van der Waals surface area (Å²) in [6.45, 7) is 5.91. The van der Waals surface area contributed by atoms with Gasteiger partial charge in [-0.3, -0.25) is 9.69 Å². The quantitative estimate of drug-likeness (QED) is 0.748. The highest BCUT2D eigenvalue weighted by Gasteiger charge is 2.17. The second-order valence-corrected chi connectivity index (χ2v) is 7.09. The third kappa shape index (κ3) is 5.99. The number of thioether (sulfide) groups is 1. The van der Waals surface area contributed by atoms with E-state index in [2.05, 4.69) is 40.1 Å². The Labute approximate surface area is 138 Å². The van der Waals surface area contributed by atoms with Crippen LogP contribution in [-0.2, 0) is 4.79 Å². The molecule has 1 saturated heterocycles. The fraction of sp³-hybridized carbons (Fsp3) is 0.588. The number of likely N-dealkylation sites (N-methyl/N-ethyl adjacent to an activating group) is 1. The van der Waals surface area contributed by atoms with Gasteiger partial charge in [-0.1, -0.05) is 18.2 Å². The summed E-state index contributed by atoms with van der Waals surface area (Å²) in [5, 5.41) is 0. The molecule has 0 atom stereocenters. The second-order valence-electron chi connectivity index (χ2n) is 5.92. The van der Waals surface area contributed by atoms with Gasteiger partial charge in [-0.05, 0) is 31.6 Å². The number of hydrogen-bond donors (Lipinski definition) is 0. The minimum Gasteiger partial charge on any atom is -0.348 e. The molecule has 0 radical (unpaired) electrons. The molecule has 2 rings (SSSR count). The molecule has 1 aromatic rings. The van der Waals surface area contributed by atoms with Gasteiger partial charge in [-0.2, -0.15) is 0 Å². The number of carbonyl (C=O) groups is 1. The standard InChI is InChI=1S/C17H27N3OS/c1-18(2)17(21)15-20-10-6-9-19(11-12-20)13-14-22-16-7-4-3-5-8-16/h3-5,7-8H,6,9-15H2,1-2H3. The number of amides is 1. The van der Waals surface area contributed by atoms with Crippen molar-refractivity contribution in [2.75, 3.05) is 59.1 Å². The van der Waals surface area contributed by atoms with Gasteiger partial charge in [0.25, 0.3) is 0 Å². The van der Waals surface area contributed by atoms with Crippen LogP contribution in [0.3, 0.4) is 0 Å². The SMILES string of the molecule is CN(C)C(=O)CN1CCCN(CCSc2ccccc2)CC1. The van der Waals surface area contributed by atoms with E-state index in [1.807, 2.05) is 25.9 Å². The lowest BCUT2D eigenvalue weighted by Gasteiger charge is -2.22. The molecule has 0 bridgehead atoms. The van der Waals surface area contributed by atoms with Gasteiger partial charge in [0.2, 0.25) is 5.91 Å². The molecule has 1 aliphatic rings. The summed E-state index contributed by atoms with van der Waals surface area (Å²) in [6.07, 6.45) is 1.15. The molecule has 1 aliphatic heterocycles. The van der Waals surface area contributed by atoms with Crippen LogP contribution in [0.15, 0.2) is 35.2 Å². The third-order valence-electron chi connectivity index (χ3n) is 3.96. The van der Waals surface area contributed by atoms with Crippen LogP contribution in [-0.4, -0.2) is 79.7 Å². The lowest BCUT2D eigenvalue weighted by atomic mass is 10.3. The van der Waals surface area contributed by atoms with Gasteiger partial charge < -0.3 is 9.80 Å². The van der Waals surface area contributed by atoms with Crippen LogP contribution in [0.1, 0.15) is 6.42 Å². The number of hydrogen-bond acceptors (Lipinski definition) is 4. The predicted molar refractivity (Wildman–Crippen MR) is 93.4 cm³/mol. The Hall–Kier alpha value is -1.04. The van der Waals surface area contributed by atoms with Crippen LogP contribution in [0.25, 0.3) is 0 Å². The van der Waals surface area contributed by atoms with E-state index >= 15 is 0 Å². The zero-order valence-electron chi connectivity index (χ0n) is 13.7. The number of rotatable bonds is 6. The molecule has 0 N–H and O–H groups in total. The minimum absolute atomic E-state index is 0.202. The van der Waals surface area contributed by atoms with Crippen molar-refractivity contribution in [3.8, 4) is 0 Å². The highest BCUT2D eigenvalue weighted by Crippen LogP contribution is 2.17. The summed E-state index contributed by atoms with van der Waals surface area (Å²) in [5.41, 5.74) is 0. The molecule has 0 unspecified atom stereocenters. The first kappa shape index (κ1) is 17.3.